The van der Waals surface area contributed by atoms with Crippen molar-refractivity contribution in [2.45, 2.75) is 51.5 Å². The van der Waals surface area contributed by atoms with Crippen molar-refractivity contribution in [3.8, 4) is 0 Å². The maximum Gasteiger partial charge on any atom is 0.411 e. The van der Waals surface area contributed by atoms with Gasteiger partial charge in [0.05, 0.1) is 6.04 Å². The lowest BCUT2D eigenvalue weighted by molar-refractivity contribution is -0.142. The number of ether oxygens (including phenoxy) is 2. The summed E-state index contributed by atoms with van der Waals surface area (Å²) in [5.41, 5.74) is 0.0829. The minimum absolute atomic E-state index is 0.0763. The molecule has 1 aliphatic rings. The van der Waals surface area contributed by atoms with E-state index in [-0.39, 0.29) is 13.2 Å². The fourth-order valence-electron chi connectivity index (χ4n) is 2.69. The Labute approximate surface area is 152 Å². The van der Waals surface area contributed by atoms with E-state index in [4.69, 9.17) is 9.47 Å². The van der Waals surface area contributed by atoms with Gasteiger partial charge in [0, 0.05) is 6.54 Å². The van der Waals surface area contributed by atoms with Crippen molar-refractivity contribution in [2.24, 2.45) is 0 Å². The number of benzene rings is 1. The summed E-state index contributed by atoms with van der Waals surface area (Å²) < 4.78 is 10.4. The molecule has 1 heterocycles. The van der Waals surface area contributed by atoms with Gasteiger partial charge in [-0.15, -0.1) is 0 Å². The molecule has 8 nitrogen and oxygen atoms in total. The Hall–Kier alpha value is -2.77. The molecule has 2 atom stereocenters. The van der Waals surface area contributed by atoms with Crippen LogP contribution in [0, 0.1) is 0 Å². The Morgan fingerprint density at radius 3 is 2.46 bits per heavy atom. The SMILES string of the molecule is CC(C)(C)OC(=O)N1CC[C@@H](NC(=O)OCc2ccccc2)[C@@H]1C(=O)O. The maximum atomic E-state index is 12.2. The zero-order valence-electron chi connectivity index (χ0n) is 15.1. The van der Waals surface area contributed by atoms with E-state index < -0.39 is 35.8 Å². The van der Waals surface area contributed by atoms with Gasteiger partial charge in [-0.1, -0.05) is 30.3 Å². The van der Waals surface area contributed by atoms with Crippen LogP contribution in [-0.4, -0.2) is 52.4 Å². The summed E-state index contributed by atoms with van der Waals surface area (Å²) in [5.74, 6) is -1.21. The number of nitrogens with one attached hydrogen (secondary N) is 1. The lowest BCUT2D eigenvalue weighted by Gasteiger charge is -2.28. The number of alkyl carbamates (subject to hydrolysis) is 1. The van der Waals surface area contributed by atoms with Crippen molar-refractivity contribution in [1.29, 1.82) is 0 Å². The first kappa shape index (κ1) is 19.6. The van der Waals surface area contributed by atoms with E-state index in [0.717, 1.165) is 10.5 Å². The number of likely N-dealkylation sites (tertiary alicyclic amines) is 1. The van der Waals surface area contributed by atoms with Crippen LogP contribution >= 0.6 is 0 Å². The number of amides is 2. The van der Waals surface area contributed by atoms with E-state index in [2.05, 4.69) is 5.32 Å². The third kappa shape index (κ3) is 5.37. The number of carboxylic acids is 1. The minimum atomic E-state index is -1.21. The molecule has 0 spiro atoms. The number of hydrogen-bond acceptors (Lipinski definition) is 5. The van der Waals surface area contributed by atoms with Crippen LogP contribution in [-0.2, 0) is 20.9 Å². The quantitative estimate of drug-likeness (QED) is 0.850. The molecule has 142 valence electrons. The summed E-state index contributed by atoms with van der Waals surface area (Å²) in [4.78, 5) is 36.9. The molecule has 2 rings (SSSR count). The zero-order chi connectivity index (χ0) is 19.3. The fourth-order valence-corrected chi connectivity index (χ4v) is 2.69. The summed E-state index contributed by atoms with van der Waals surface area (Å²) >= 11 is 0. The van der Waals surface area contributed by atoms with Crippen molar-refractivity contribution < 1.29 is 29.0 Å². The van der Waals surface area contributed by atoms with Crippen LogP contribution in [0.4, 0.5) is 9.59 Å². The van der Waals surface area contributed by atoms with Crippen LogP contribution in [0.1, 0.15) is 32.8 Å². The Bertz CT molecular complexity index is 655. The van der Waals surface area contributed by atoms with E-state index >= 15 is 0 Å². The maximum absolute atomic E-state index is 12.2. The van der Waals surface area contributed by atoms with E-state index in [1.54, 1.807) is 20.8 Å². The fraction of sp³-hybridized carbons (Fsp3) is 0.500. The smallest absolute Gasteiger partial charge is 0.411 e. The van der Waals surface area contributed by atoms with Crippen molar-refractivity contribution in [3.05, 3.63) is 35.9 Å². The lowest BCUT2D eigenvalue weighted by Crippen LogP contribution is -2.52. The topological polar surface area (TPSA) is 105 Å². The second-order valence-corrected chi connectivity index (χ2v) is 7.06. The molecule has 0 saturated carbocycles. The molecule has 1 aromatic rings. The molecule has 0 aromatic heterocycles. The van der Waals surface area contributed by atoms with Gasteiger partial charge in [0.15, 0.2) is 6.04 Å². The average Bonchev–Trinajstić information content (AvgIpc) is 2.96. The third-order valence-electron chi connectivity index (χ3n) is 3.79. The molecule has 2 amide bonds. The number of carboxylic acid groups (broad SMARTS) is 1. The second kappa shape index (κ2) is 8.07. The van der Waals surface area contributed by atoms with Crippen LogP contribution in [0.25, 0.3) is 0 Å². The molecule has 1 aliphatic heterocycles. The number of rotatable bonds is 4. The van der Waals surface area contributed by atoms with E-state index in [1.807, 2.05) is 30.3 Å². The van der Waals surface area contributed by atoms with E-state index in [1.165, 1.54) is 0 Å². The molecular formula is C18H24N2O6. The average molecular weight is 364 g/mol. The molecule has 0 unspecified atom stereocenters. The molecular weight excluding hydrogens is 340 g/mol. The van der Waals surface area contributed by atoms with Crippen LogP contribution in [0.2, 0.25) is 0 Å². The van der Waals surface area contributed by atoms with E-state index in [9.17, 15) is 19.5 Å². The first-order chi connectivity index (χ1) is 12.2. The summed E-state index contributed by atoms with van der Waals surface area (Å²) in [6, 6.07) is 7.18. The van der Waals surface area contributed by atoms with Crippen LogP contribution in [0.5, 0.6) is 0 Å². The molecule has 1 aromatic carbocycles. The molecule has 2 N–H and O–H groups in total. The van der Waals surface area contributed by atoms with Crippen molar-refractivity contribution in [1.82, 2.24) is 10.2 Å². The van der Waals surface area contributed by atoms with Gasteiger partial charge < -0.3 is 19.9 Å². The van der Waals surface area contributed by atoms with Gasteiger partial charge in [-0.05, 0) is 32.8 Å². The Morgan fingerprint density at radius 2 is 1.88 bits per heavy atom. The lowest BCUT2D eigenvalue weighted by atomic mass is 10.1. The zero-order valence-corrected chi connectivity index (χ0v) is 15.1. The monoisotopic (exact) mass is 364 g/mol. The summed E-state index contributed by atoms with van der Waals surface area (Å²) in [6.45, 7) is 5.36. The number of hydrogen-bond donors (Lipinski definition) is 2. The second-order valence-electron chi connectivity index (χ2n) is 7.06. The summed E-state index contributed by atoms with van der Waals surface area (Å²) in [6.07, 6.45) is -1.14. The van der Waals surface area contributed by atoms with Crippen LogP contribution < -0.4 is 5.32 Å². The summed E-state index contributed by atoms with van der Waals surface area (Å²) in [7, 11) is 0. The van der Waals surface area contributed by atoms with Gasteiger partial charge in [0.25, 0.3) is 0 Å². The van der Waals surface area contributed by atoms with Gasteiger partial charge in [0.1, 0.15) is 12.2 Å². The molecule has 1 fully saturated rings. The highest BCUT2D eigenvalue weighted by atomic mass is 16.6. The first-order valence-electron chi connectivity index (χ1n) is 8.37. The molecule has 1 saturated heterocycles. The first-order valence-corrected chi connectivity index (χ1v) is 8.37. The predicted octanol–water partition coefficient (Wildman–Crippen LogP) is 2.38. The molecule has 8 heteroatoms. The van der Waals surface area contributed by atoms with Crippen LogP contribution in [0.3, 0.4) is 0 Å². The van der Waals surface area contributed by atoms with Crippen molar-refractivity contribution in [3.63, 3.8) is 0 Å². The van der Waals surface area contributed by atoms with Gasteiger partial charge >= 0.3 is 18.2 Å². The largest absolute Gasteiger partial charge is 0.480 e. The highest BCUT2D eigenvalue weighted by Gasteiger charge is 2.44. The normalized spacial score (nSPS) is 19.7. The van der Waals surface area contributed by atoms with Gasteiger partial charge in [-0.3, -0.25) is 4.90 Å². The number of nitrogens with zero attached hydrogens (tertiary/aromatic N) is 1. The summed E-state index contributed by atoms with van der Waals surface area (Å²) in [5, 5.41) is 12.0. The molecule has 0 radical (unpaired) electrons. The van der Waals surface area contributed by atoms with Crippen LogP contribution in [0.15, 0.2) is 30.3 Å². The standard InChI is InChI=1S/C18H24N2O6/c1-18(2,3)26-17(24)20-10-9-13(14(20)15(21)22)19-16(23)25-11-12-7-5-4-6-8-12/h4-8,13-14H,9-11H2,1-3H3,(H,19,23)(H,21,22)/t13-,14-/m1/s1. The highest BCUT2D eigenvalue weighted by molar-refractivity contribution is 5.82. The number of carbonyl (C=O) groups excluding carboxylic acids is 2. The molecule has 0 aliphatic carbocycles. The molecule has 0 bridgehead atoms. The van der Waals surface area contributed by atoms with Gasteiger partial charge in [-0.2, -0.15) is 0 Å². The highest BCUT2D eigenvalue weighted by Crippen LogP contribution is 2.22. The van der Waals surface area contributed by atoms with Crippen molar-refractivity contribution >= 4 is 18.2 Å². The number of aliphatic carboxylic acids is 1. The number of carbonyl (C=O) groups is 3. The Morgan fingerprint density at radius 1 is 1.23 bits per heavy atom. The van der Waals surface area contributed by atoms with Crippen molar-refractivity contribution in [2.75, 3.05) is 6.54 Å². The van der Waals surface area contributed by atoms with Gasteiger partial charge in [0.2, 0.25) is 0 Å². The van der Waals surface area contributed by atoms with E-state index in [0.29, 0.717) is 6.42 Å². The molecule has 26 heavy (non-hydrogen) atoms. The van der Waals surface area contributed by atoms with Gasteiger partial charge in [-0.25, -0.2) is 14.4 Å². The third-order valence-corrected chi connectivity index (χ3v) is 3.79. The Kier molecular flexibility index (Phi) is 6.07. The minimum Gasteiger partial charge on any atom is -0.480 e. The Balaban J connectivity index is 1.95. The predicted molar refractivity (Wildman–Crippen MR) is 92.5 cm³/mol.